The van der Waals surface area contributed by atoms with E-state index in [9.17, 15) is 13.2 Å². The van der Waals surface area contributed by atoms with E-state index in [1.54, 1.807) is 24.3 Å². The normalized spacial score (nSPS) is 11.1. The zero-order chi connectivity index (χ0) is 14.8. The molecule has 1 heterocycles. The number of amides is 1. The zero-order valence-corrected chi connectivity index (χ0v) is 12.9. The van der Waals surface area contributed by atoms with Crippen LogP contribution in [0.2, 0.25) is 0 Å². The number of nitrogens with zero attached hydrogens (tertiary/aromatic N) is 1. The second-order valence-corrected chi connectivity index (χ2v) is 6.96. The molecule has 1 aromatic heterocycles. The van der Waals surface area contributed by atoms with Crippen molar-refractivity contribution in [2.45, 2.75) is 4.90 Å². The molecule has 2 rings (SSSR count). The van der Waals surface area contributed by atoms with Crippen LogP contribution in [0.5, 0.6) is 0 Å². The molecule has 1 N–H and O–H groups in total. The number of aromatic nitrogens is 1. The summed E-state index contributed by atoms with van der Waals surface area (Å²) in [5.41, 5.74) is 0.632. The highest BCUT2D eigenvalue weighted by atomic mass is 79.9. The molecule has 104 valence electrons. The number of nitrogens with one attached hydrogen (secondary N) is 1. The van der Waals surface area contributed by atoms with Gasteiger partial charge in [0.25, 0.3) is 5.91 Å². The molecule has 1 amide bonds. The van der Waals surface area contributed by atoms with Gasteiger partial charge in [-0.05, 0) is 46.3 Å². The third-order valence-electron chi connectivity index (χ3n) is 2.49. The molecule has 2 aromatic rings. The van der Waals surface area contributed by atoms with Gasteiger partial charge >= 0.3 is 0 Å². The number of carbonyl (C=O) groups is 1. The SMILES string of the molecule is CS(=O)(=O)c1cccc(NC(=O)c2ncccc2Br)c1. The number of carbonyl (C=O) groups excluding carboxylic acids is 1. The van der Waals surface area contributed by atoms with Crippen molar-refractivity contribution >= 4 is 37.4 Å². The Kier molecular flexibility index (Phi) is 4.20. The van der Waals surface area contributed by atoms with Crippen LogP contribution in [-0.2, 0) is 9.84 Å². The van der Waals surface area contributed by atoms with Crippen molar-refractivity contribution in [2.24, 2.45) is 0 Å². The van der Waals surface area contributed by atoms with Crippen molar-refractivity contribution in [3.05, 3.63) is 52.8 Å². The maximum Gasteiger partial charge on any atom is 0.275 e. The summed E-state index contributed by atoms with van der Waals surface area (Å²) >= 11 is 3.24. The van der Waals surface area contributed by atoms with E-state index in [0.29, 0.717) is 10.2 Å². The minimum atomic E-state index is -3.31. The van der Waals surface area contributed by atoms with Crippen molar-refractivity contribution in [2.75, 3.05) is 11.6 Å². The molecular weight excluding hydrogens is 344 g/mol. The van der Waals surface area contributed by atoms with Gasteiger partial charge in [0.1, 0.15) is 5.69 Å². The van der Waals surface area contributed by atoms with Gasteiger partial charge in [-0.1, -0.05) is 6.07 Å². The smallest absolute Gasteiger partial charge is 0.275 e. The molecule has 0 radical (unpaired) electrons. The molecule has 0 bridgehead atoms. The third-order valence-corrected chi connectivity index (χ3v) is 4.24. The van der Waals surface area contributed by atoms with E-state index in [1.165, 1.54) is 18.3 Å². The summed E-state index contributed by atoms with van der Waals surface area (Å²) in [7, 11) is -3.31. The van der Waals surface area contributed by atoms with Crippen molar-refractivity contribution in [3.8, 4) is 0 Å². The average molecular weight is 355 g/mol. The average Bonchev–Trinajstić information content (AvgIpc) is 2.38. The Morgan fingerprint density at radius 1 is 1.25 bits per heavy atom. The lowest BCUT2D eigenvalue weighted by molar-refractivity contribution is 0.102. The largest absolute Gasteiger partial charge is 0.321 e. The molecule has 0 spiro atoms. The van der Waals surface area contributed by atoms with E-state index >= 15 is 0 Å². The van der Waals surface area contributed by atoms with Gasteiger partial charge in [-0.25, -0.2) is 13.4 Å². The molecular formula is C13H11BrN2O3S. The van der Waals surface area contributed by atoms with Crippen LogP contribution in [0.1, 0.15) is 10.5 Å². The highest BCUT2D eigenvalue weighted by Crippen LogP contribution is 2.18. The fourth-order valence-corrected chi connectivity index (χ4v) is 2.65. The van der Waals surface area contributed by atoms with Crippen LogP contribution < -0.4 is 5.32 Å². The first-order valence-corrected chi connectivity index (χ1v) is 8.28. The second-order valence-electron chi connectivity index (χ2n) is 4.09. The fourth-order valence-electron chi connectivity index (χ4n) is 1.55. The Hall–Kier alpha value is -1.73. The topological polar surface area (TPSA) is 76.1 Å². The lowest BCUT2D eigenvalue weighted by Crippen LogP contribution is -2.14. The molecule has 0 saturated heterocycles. The van der Waals surface area contributed by atoms with Gasteiger partial charge in [0.2, 0.25) is 0 Å². The van der Waals surface area contributed by atoms with E-state index in [1.807, 2.05) is 0 Å². The predicted octanol–water partition coefficient (Wildman–Crippen LogP) is 2.50. The molecule has 0 aliphatic carbocycles. The highest BCUT2D eigenvalue weighted by Gasteiger charge is 2.13. The van der Waals surface area contributed by atoms with E-state index < -0.39 is 15.7 Å². The maximum atomic E-state index is 12.0. The van der Waals surface area contributed by atoms with Gasteiger partial charge in [-0.2, -0.15) is 0 Å². The first-order chi connectivity index (χ1) is 9.38. The standard InChI is InChI=1S/C13H11BrN2O3S/c1-20(18,19)10-5-2-4-9(8-10)16-13(17)12-11(14)6-3-7-15-12/h2-8H,1H3,(H,16,17). The minimum absolute atomic E-state index is 0.149. The van der Waals surface area contributed by atoms with Gasteiger partial charge in [0.15, 0.2) is 9.84 Å². The summed E-state index contributed by atoms with van der Waals surface area (Å²) in [5, 5.41) is 2.62. The number of benzene rings is 1. The number of rotatable bonds is 3. The summed E-state index contributed by atoms with van der Waals surface area (Å²) in [5.74, 6) is -0.414. The van der Waals surface area contributed by atoms with E-state index in [4.69, 9.17) is 0 Å². The monoisotopic (exact) mass is 354 g/mol. The summed E-state index contributed by atoms with van der Waals surface area (Å²) in [4.78, 5) is 16.2. The first kappa shape index (κ1) is 14.7. The molecule has 5 nitrogen and oxygen atoms in total. The summed E-state index contributed by atoms with van der Waals surface area (Å²) in [6.45, 7) is 0. The van der Waals surface area contributed by atoms with Gasteiger partial charge in [-0.15, -0.1) is 0 Å². The molecule has 0 aliphatic rings. The first-order valence-electron chi connectivity index (χ1n) is 5.60. The Bertz CT molecular complexity index is 760. The molecule has 0 saturated carbocycles. The van der Waals surface area contributed by atoms with Crippen LogP contribution in [-0.4, -0.2) is 25.6 Å². The Balaban J connectivity index is 2.27. The molecule has 0 aliphatic heterocycles. The number of halogens is 1. The quantitative estimate of drug-likeness (QED) is 0.918. The number of anilines is 1. The van der Waals surface area contributed by atoms with Crippen molar-refractivity contribution < 1.29 is 13.2 Å². The third kappa shape index (κ3) is 3.43. The van der Waals surface area contributed by atoms with Crippen molar-refractivity contribution in [3.63, 3.8) is 0 Å². The molecule has 0 unspecified atom stereocenters. The molecule has 0 atom stereocenters. The number of hydrogen-bond donors (Lipinski definition) is 1. The Labute approximate surface area is 125 Å². The Morgan fingerprint density at radius 3 is 2.65 bits per heavy atom. The minimum Gasteiger partial charge on any atom is -0.321 e. The summed E-state index contributed by atoms with van der Waals surface area (Å²) in [6, 6.07) is 9.47. The predicted molar refractivity (Wildman–Crippen MR) is 79.4 cm³/mol. The van der Waals surface area contributed by atoms with Crippen LogP contribution in [0, 0.1) is 0 Å². The number of sulfone groups is 1. The van der Waals surface area contributed by atoms with Crippen molar-refractivity contribution in [1.82, 2.24) is 4.98 Å². The van der Waals surface area contributed by atoms with E-state index in [0.717, 1.165) is 6.26 Å². The van der Waals surface area contributed by atoms with Gasteiger partial charge in [0.05, 0.1) is 4.90 Å². The van der Waals surface area contributed by atoms with Crippen LogP contribution >= 0.6 is 15.9 Å². The van der Waals surface area contributed by atoms with Crippen LogP contribution in [0.25, 0.3) is 0 Å². The van der Waals surface area contributed by atoms with Gasteiger partial charge in [0, 0.05) is 22.6 Å². The fraction of sp³-hybridized carbons (Fsp3) is 0.0769. The van der Waals surface area contributed by atoms with Gasteiger partial charge in [-0.3, -0.25) is 4.79 Å². The lowest BCUT2D eigenvalue weighted by atomic mass is 10.3. The van der Waals surface area contributed by atoms with Crippen LogP contribution in [0.3, 0.4) is 0 Å². The Morgan fingerprint density at radius 2 is 2.00 bits per heavy atom. The maximum absolute atomic E-state index is 12.0. The molecule has 20 heavy (non-hydrogen) atoms. The van der Waals surface area contributed by atoms with Crippen LogP contribution in [0.15, 0.2) is 52.0 Å². The zero-order valence-electron chi connectivity index (χ0n) is 10.5. The van der Waals surface area contributed by atoms with Crippen LogP contribution in [0.4, 0.5) is 5.69 Å². The summed E-state index contributed by atoms with van der Waals surface area (Å²) in [6.07, 6.45) is 2.62. The molecule has 1 aromatic carbocycles. The highest BCUT2D eigenvalue weighted by molar-refractivity contribution is 9.10. The molecule has 0 fully saturated rings. The molecule has 7 heteroatoms. The lowest BCUT2D eigenvalue weighted by Gasteiger charge is -2.07. The van der Waals surface area contributed by atoms with Gasteiger partial charge < -0.3 is 5.32 Å². The second kappa shape index (κ2) is 5.72. The van der Waals surface area contributed by atoms with E-state index in [2.05, 4.69) is 26.2 Å². The van der Waals surface area contributed by atoms with Crippen molar-refractivity contribution in [1.29, 1.82) is 0 Å². The summed E-state index contributed by atoms with van der Waals surface area (Å²) < 4.78 is 23.5. The van der Waals surface area contributed by atoms with E-state index in [-0.39, 0.29) is 10.6 Å². The number of pyridine rings is 1. The number of hydrogen-bond acceptors (Lipinski definition) is 4.